The zero-order valence-electron chi connectivity index (χ0n) is 18.6. The maximum Gasteiger partial charge on any atom is 4.00 e. The summed E-state index contributed by atoms with van der Waals surface area (Å²) in [6.45, 7) is 0. The van der Waals surface area contributed by atoms with Crippen molar-refractivity contribution in [3.8, 4) is 0 Å². The molecule has 8 unspecified atom stereocenters. The monoisotopic (exact) mass is 532 g/mol. The molecule has 0 heterocycles. The van der Waals surface area contributed by atoms with Gasteiger partial charge >= 0.3 is 26.2 Å². The van der Waals surface area contributed by atoms with E-state index >= 15 is 0 Å². The van der Waals surface area contributed by atoms with Crippen molar-refractivity contribution < 1.29 is 51.0 Å². The van der Waals surface area contributed by atoms with Gasteiger partial charge < -0.3 is 37.7 Å². The molecule has 0 N–H and O–H groups in total. The van der Waals surface area contributed by atoms with Crippen molar-refractivity contribution in [2.45, 2.75) is 64.2 Å². The van der Waals surface area contributed by atoms with Gasteiger partial charge in [0, 0.05) is 0 Å². The van der Waals surface area contributed by atoms with E-state index in [4.69, 9.17) is 0 Å². The number of hydrogen-bond donors (Lipinski definition) is 0. The fourth-order valence-corrected chi connectivity index (χ4v) is 8.59. The number of fused-ring (bicyclic) bond motifs is 6. The SMILES string of the molecule is C1=CC2[CH-]C3(CCC45[CH-]C6C=CC=CC6C4CCCC5)CCCCC3C2C=C1.[Cl-].[Cl-].[Zr+4]. The summed E-state index contributed by atoms with van der Waals surface area (Å²) in [6, 6.07) is 0. The van der Waals surface area contributed by atoms with Crippen molar-refractivity contribution in [1.82, 2.24) is 0 Å². The molecule has 0 amide bonds. The second-order valence-corrected chi connectivity index (χ2v) is 10.9. The van der Waals surface area contributed by atoms with Gasteiger partial charge in [-0.15, -0.1) is 24.0 Å². The molecule has 0 spiro atoms. The van der Waals surface area contributed by atoms with Crippen LogP contribution in [0, 0.1) is 59.2 Å². The Bertz CT molecular complexity index is 677. The van der Waals surface area contributed by atoms with Gasteiger partial charge in [0.2, 0.25) is 0 Å². The molecule has 3 heteroatoms. The normalized spacial score (nSPS) is 45.9. The van der Waals surface area contributed by atoms with Gasteiger partial charge in [-0.3, -0.25) is 0 Å². The summed E-state index contributed by atoms with van der Waals surface area (Å²) in [5.41, 5.74) is 1.05. The van der Waals surface area contributed by atoms with Crippen molar-refractivity contribution in [3.63, 3.8) is 0 Å². The van der Waals surface area contributed by atoms with Gasteiger partial charge in [-0.25, -0.2) is 0 Å². The van der Waals surface area contributed by atoms with E-state index in [1.54, 1.807) is 0 Å². The summed E-state index contributed by atoms with van der Waals surface area (Å²) >= 11 is 0. The fraction of sp³-hybridized carbons (Fsp3) is 0.643. The molecule has 6 rings (SSSR count). The summed E-state index contributed by atoms with van der Waals surface area (Å²) in [4.78, 5) is 0. The van der Waals surface area contributed by atoms with Gasteiger partial charge in [-0.05, 0) is 11.8 Å². The molecule has 0 aromatic rings. The van der Waals surface area contributed by atoms with E-state index in [9.17, 15) is 0 Å². The molecule has 0 bridgehead atoms. The van der Waals surface area contributed by atoms with Crippen molar-refractivity contribution in [1.29, 1.82) is 0 Å². The molecule has 6 aliphatic rings. The third-order valence-electron chi connectivity index (χ3n) is 9.77. The van der Waals surface area contributed by atoms with E-state index in [-0.39, 0.29) is 51.0 Å². The first kappa shape index (κ1) is 26.0. The van der Waals surface area contributed by atoms with Crippen LogP contribution in [0.3, 0.4) is 0 Å². The quantitative estimate of drug-likeness (QED) is 0.479. The Morgan fingerprint density at radius 2 is 1.03 bits per heavy atom. The minimum absolute atomic E-state index is 0. The molecule has 4 fully saturated rings. The van der Waals surface area contributed by atoms with E-state index < -0.39 is 0 Å². The minimum atomic E-state index is 0. The molecule has 0 aliphatic heterocycles. The Morgan fingerprint density at radius 1 is 0.613 bits per heavy atom. The molecule has 6 aliphatic carbocycles. The summed E-state index contributed by atoms with van der Waals surface area (Å²) in [5, 5.41) is 0. The van der Waals surface area contributed by atoms with Crippen molar-refractivity contribution in [3.05, 3.63) is 61.4 Å². The van der Waals surface area contributed by atoms with Crippen LogP contribution in [-0.2, 0) is 26.2 Å². The van der Waals surface area contributed by atoms with Crippen LogP contribution in [0.4, 0.5) is 0 Å². The molecule has 0 aromatic heterocycles. The minimum Gasteiger partial charge on any atom is -1.00 e. The second-order valence-electron chi connectivity index (χ2n) is 10.9. The number of hydrogen-bond acceptors (Lipinski definition) is 0. The Labute approximate surface area is 221 Å². The molecular weight excluding hydrogens is 498 g/mol. The van der Waals surface area contributed by atoms with Gasteiger partial charge in [0.25, 0.3) is 0 Å². The third-order valence-corrected chi connectivity index (χ3v) is 9.77. The van der Waals surface area contributed by atoms with Gasteiger partial charge in [0.1, 0.15) is 0 Å². The van der Waals surface area contributed by atoms with Crippen LogP contribution in [0.25, 0.3) is 0 Å². The maximum absolute atomic E-state index is 2.85. The summed E-state index contributed by atoms with van der Waals surface area (Å²) in [6.07, 6.45) is 39.6. The summed E-state index contributed by atoms with van der Waals surface area (Å²) in [5.74, 6) is 4.85. The maximum atomic E-state index is 2.85. The standard InChI is InChI=1S/C28H36.2ClH.Zr/c1-3-11-23-21(9-1)19-27(15-7-5-13-25(23)27)17-18-28-16-8-6-14-26(28)24-12-4-2-10-22(24)20-28;;;/h1-4,9-12,19-26H,5-8,13-18H2;2*1H;/q-2;;;+4/p-2. The fourth-order valence-electron chi connectivity index (χ4n) is 8.59. The number of allylic oxidation sites excluding steroid dienone is 8. The summed E-state index contributed by atoms with van der Waals surface area (Å²) in [7, 11) is 0. The first-order valence-corrected chi connectivity index (χ1v) is 12.2. The van der Waals surface area contributed by atoms with Crippen LogP contribution >= 0.6 is 0 Å². The summed E-state index contributed by atoms with van der Waals surface area (Å²) < 4.78 is 0. The second kappa shape index (κ2) is 10.4. The molecule has 0 aromatic carbocycles. The Morgan fingerprint density at radius 3 is 1.48 bits per heavy atom. The molecule has 4 saturated carbocycles. The Balaban J connectivity index is 0.000000907. The van der Waals surface area contributed by atoms with E-state index in [0.717, 1.165) is 23.7 Å². The zero-order chi connectivity index (χ0) is 18.6. The molecule has 0 nitrogen and oxygen atoms in total. The zero-order valence-corrected chi connectivity index (χ0v) is 22.5. The van der Waals surface area contributed by atoms with Crippen LogP contribution in [0.1, 0.15) is 64.2 Å². The van der Waals surface area contributed by atoms with E-state index in [0.29, 0.717) is 22.7 Å². The van der Waals surface area contributed by atoms with Crippen LogP contribution in [0.15, 0.2) is 48.6 Å². The van der Waals surface area contributed by atoms with Crippen molar-refractivity contribution >= 4 is 0 Å². The smallest absolute Gasteiger partial charge is 1.00 e. The molecule has 8 atom stereocenters. The van der Waals surface area contributed by atoms with Crippen molar-refractivity contribution in [2.75, 3.05) is 0 Å². The van der Waals surface area contributed by atoms with E-state index in [1.807, 2.05) is 0 Å². The van der Waals surface area contributed by atoms with Gasteiger partial charge in [0.05, 0.1) is 0 Å². The molecule has 0 radical (unpaired) electrons. The first-order valence-electron chi connectivity index (χ1n) is 12.2. The third kappa shape index (κ3) is 4.32. The average Bonchev–Trinajstić information content (AvgIpc) is 3.26. The number of halogens is 2. The first-order chi connectivity index (χ1) is 13.8. The predicted molar refractivity (Wildman–Crippen MR) is 117 cm³/mol. The van der Waals surface area contributed by atoms with Gasteiger partial charge in [-0.2, -0.15) is 10.8 Å². The van der Waals surface area contributed by atoms with Crippen LogP contribution in [0.5, 0.6) is 0 Å². The van der Waals surface area contributed by atoms with Crippen molar-refractivity contribution in [2.24, 2.45) is 46.3 Å². The van der Waals surface area contributed by atoms with E-state index in [1.165, 1.54) is 64.2 Å². The molecular formula is C28H36Cl2Zr. The largest absolute Gasteiger partial charge is 4.00 e. The van der Waals surface area contributed by atoms with E-state index in [2.05, 4.69) is 61.4 Å². The Kier molecular flexibility index (Phi) is 8.70. The van der Waals surface area contributed by atoms with Crippen LogP contribution < -0.4 is 24.8 Å². The predicted octanol–water partition coefficient (Wildman–Crippen LogP) is 1.28. The topological polar surface area (TPSA) is 0 Å². The molecule has 166 valence electrons. The molecule has 0 saturated heterocycles. The number of rotatable bonds is 3. The molecule has 31 heavy (non-hydrogen) atoms. The Hall–Kier alpha value is 0.423. The van der Waals surface area contributed by atoms with Crippen LogP contribution in [-0.4, -0.2) is 0 Å². The average molecular weight is 535 g/mol. The van der Waals surface area contributed by atoms with Gasteiger partial charge in [-0.1, -0.05) is 113 Å². The van der Waals surface area contributed by atoms with Gasteiger partial charge in [0.15, 0.2) is 0 Å². The van der Waals surface area contributed by atoms with Crippen LogP contribution in [0.2, 0.25) is 0 Å².